The molecule has 2 bridgehead atoms. The van der Waals surface area contributed by atoms with Gasteiger partial charge >= 0.3 is 0 Å². The maximum Gasteiger partial charge on any atom is 0.138 e. The number of β-amino-alcohol motifs (C(OH)–C–C–N with tert-alkyl or cyclic N) is 1. The first-order valence-corrected chi connectivity index (χ1v) is 13.4. The Hall–Kier alpha value is -2.08. The van der Waals surface area contributed by atoms with Crippen LogP contribution in [-0.2, 0) is 16.0 Å². The lowest BCUT2D eigenvalue weighted by atomic mass is 9.90. The number of ether oxygens (including phenoxy) is 2. The molecule has 2 aliphatic heterocycles. The number of piperidine rings is 1. The highest BCUT2D eigenvalue weighted by Crippen LogP contribution is 2.36. The lowest BCUT2D eigenvalue weighted by molar-refractivity contribution is -0.231. The number of Topliss-reactive ketones (excluding diaryl/α,β-unsaturated/α-hetero) is 1. The molecule has 2 aromatic rings. The maximum atomic E-state index is 11.7. The van der Waals surface area contributed by atoms with Crippen molar-refractivity contribution in [2.45, 2.75) is 61.9 Å². The largest absolute Gasteiger partial charge is 0.491 e. The van der Waals surface area contributed by atoms with Gasteiger partial charge in [0.2, 0.25) is 0 Å². The van der Waals surface area contributed by atoms with E-state index in [1.807, 2.05) is 24.3 Å². The normalized spacial score (nSPS) is 32.1. The lowest BCUT2D eigenvalue weighted by Crippen LogP contribution is -2.55. The van der Waals surface area contributed by atoms with Crippen molar-refractivity contribution in [3.05, 3.63) is 64.2 Å². The van der Waals surface area contributed by atoms with Gasteiger partial charge in [-0.2, -0.15) is 0 Å². The number of carbonyl (C=O) groups is 1. The van der Waals surface area contributed by atoms with Crippen molar-refractivity contribution in [3.63, 3.8) is 0 Å². The zero-order valence-electron chi connectivity index (χ0n) is 20.9. The summed E-state index contributed by atoms with van der Waals surface area (Å²) in [5, 5.41) is 51.1. The molecular formula is C28H34ClNO8. The first-order valence-electron chi connectivity index (χ1n) is 13.0. The van der Waals surface area contributed by atoms with E-state index in [4.69, 9.17) is 21.1 Å². The Morgan fingerprint density at radius 3 is 2.50 bits per heavy atom. The Kier molecular flexibility index (Phi) is 8.37. The minimum Gasteiger partial charge on any atom is -0.491 e. The van der Waals surface area contributed by atoms with Crippen LogP contribution in [0.4, 0.5) is 0 Å². The van der Waals surface area contributed by atoms with Crippen molar-refractivity contribution in [2.24, 2.45) is 5.92 Å². The average molecular weight is 548 g/mol. The number of nitrogens with zero attached hydrogens (tertiary/aromatic N) is 1. The van der Waals surface area contributed by atoms with Gasteiger partial charge < -0.3 is 35.0 Å². The number of likely N-dealkylation sites (tertiary alicyclic amines) is 1. The molecule has 5 rings (SSSR count). The van der Waals surface area contributed by atoms with Crippen LogP contribution in [0.1, 0.15) is 35.6 Å². The number of hydrogen-bond donors (Lipinski definition) is 5. The number of hydrogen-bond acceptors (Lipinski definition) is 9. The summed E-state index contributed by atoms with van der Waals surface area (Å²) in [5.41, 5.74) is 2.32. The molecule has 5 N–H and O–H groups in total. The third-order valence-corrected chi connectivity index (χ3v) is 8.28. The molecule has 2 aromatic carbocycles. The summed E-state index contributed by atoms with van der Waals surface area (Å²) >= 11 is 6.44. The molecule has 0 spiro atoms. The second-order valence-electron chi connectivity index (χ2n) is 10.6. The summed E-state index contributed by atoms with van der Waals surface area (Å²) < 4.78 is 11.5. The zero-order valence-corrected chi connectivity index (χ0v) is 21.7. The molecule has 206 valence electrons. The van der Waals surface area contributed by atoms with Crippen molar-refractivity contribution in [2.75, 3.05) is 26.3 Å². The van der Waals surface area contributed by atoms with Gasteiger partial charge in [-0.05, 0) is 47.7 Å². The molecule has 8 atom stereocenters. The molecule has 0 amide bonds. The summed E-state index contributed by atoms with van der Waals surface area (Å²) in [6, 6.07) is 12.9. The van der Waals surface area contributed by atoms with Gasteiger partial charge in [0, 0.05) is 36.5 Å². The van der Waals surface area contributed by atoms with E-state index >= 15 is 0 Å². The van der Waals surface area contributed by atoms with Crippen LogP contribution in [0.5, 0.6) is 5.75 Å². The van der Waals surface area contributed by atoms with Crippen LogP contribution in [-0.4, -0.2) is 99.1 Å². The number of aliphatic hydroxyl groups is 5. The highest BCUT2D eigenvalue weighted by Gasteiger charge is 2.45. The van der Waals surface area contributed by atoms with E-state index in [1.165, 1.54) is 0 Å². The van der Waals surface area contributed by atoms with E-state index in [-0.39, 0.29) is 18.6 Å². The molecule has 3 fully saturated rings. The fourth-order valence-corrected chi connectivity index (χ4v) is 5.96. The van der Waals surface area contributed by atoms with E-state index in [9.17, 15) is 30.3 Å². The van der Waals surface area contributed by atoms with E-state index in [0.29, 0.717) is 41.5 Å². The van der Waals surface area contributed by atoms with E-state index in [1.54, 1.807) is 18.2 Å². The molecule has 3 aliphatic rings. The number of benzene rings is 2. The Balaban J connectivity index is 1.17. The highest BCUT2D eigenvalue weighted by molar-refractivity contribution is 6.31. The topological polar surface area (TPSA) is 140 Å². The fourth-order valence-electron chi connectivity index (χ4n) is 5.78. The zero-order chi connectivity index (χ0) is 27.0. The van der Waals surface area contributed by atoms with Crippen molar-refractivity contribution in [1.29, 1.82) is 0 Å². The van der Waals surface area contributed by atoms with Gasteiger partial charge in [-0.3, -0.25) is 9.69 Å². The van der Waals surface area contributed by atoms with Crippen LogP contribution in [0.2, 0.25) is 5.02 Å². The van der Waals surface area contributed by atoms with Crippen LogP contribution >= 0.6 is 11.6 Å². The SMILES string of the molecule is O=C1C[C@@H]2C[C@H]1CN2C[C@H](O)COc1ccc(Cc2cc([C@@H]3O[C@H](CO)[C@@H](O)[C@H](O)[C@H]3O)ccc2Cl)cc1. The van der Waals surface area contributed by atoms with Crippen molar-refractivity contribution in [3.8, 4) is 5.75 Å². The molecule has 0 radical (unpaired) electrons. The van der Waals surface area contributed by atoms with Crippen molar-refractivity contribution in [1.82, 2.24) is 4.90 Å². The number of rotatable bonds is 9. The number of halogens is 1. The van der Waals surface area contributed by atoms with Gasteiger partial charge in [-0.25, -0.2) is 0 Å². The van der Waals surface area contributed by atoms with Gasteiger partial charge in [0.25, 0.3) is 0 Å². The first-order chi connectivity index (χ1) is 18.2. The van der Waals surface area contributed by atoms with Gasteiger partial charge in [-0.1, -0.05) is 35.9 Å². The fraction of sp³-hybridized carbons (Fsp3) is 0.536. The number of carbonyl (C=O) groups excluding carboxylic acids is 1. The van der Waals surface area contributed by atoms with E-state index < -0.39 is 43.2 Å². The molecule has 1 saturated carbocycles. The van der Waals surface area contributed by atoms with Crippen LogP contribution < -0.4 is 4.74 Å². The Bertz CT molecular complexity index is 1130. The first kappa shape index (κ1) is 27.5. The van der Waals surface area contributed by atoms with Crippen LogP contribution in [0.15, 0.2) is 42.5 Å². The second-order valence-corrected chi connectivity index (χ2v) is 11.0. The van der Waals surface area contributed by atoms with Crippen molar-refractivity contribution < 1.29 is 39.8 Å². The van der Waals surface area contributed by atoms with Crippen LogP contribution in [0.25, 0.3) is 0 Å². The highest BCUT2D eigenvalue weighted by atomic mass is 35.5. The predicted molar refractivity (Wildman–Crippen MR) is 138 cm³/mol. The predicted octanol–water partition coefficient (Wildman–Crippen LogP) is 0.849. The molecule has 9 nitrogen and oxygen atoms in total. The third kappa shape index (κ3) is 5.76. The summed E-state index contributed by atoms with van der Waals surface area (Å²) in [5.74, 6) is 1.11. The number of fused-ring (bicyclic) bond motifs is 2. The van der Waals surface area contributed by atoms with E-state index in [2.05, 4.69) is 4.90 Å². The Morgan fingerprint density at radius 1 is 1.08 bits per heavy atom. The summed E-state index contributed by atoms with van der Waals surface area (Å²) in [4.78, 5) is 13.9. The molecular weight excluding hydrogens is 514 g/mol. The maximum absolute atomic E-state index is 11.7. The minimum absolute atomic E-state index is 0.132. The number of ketones is 1. The molecule has 1 aliphatic carbocycles. The molecule has 0 aromatic heterocycles. The van der Waals surface area contributed by atoms with Crippen molar-refractivity contribution >= 4 is 17.4 Å². The van der Waals surface area contributed by atoms with Gasteiger partial charge in [0.05, 0.1) is 6.61 Å². The molecule has 38 heavy (non-hydrogen) atoms. The Morgan fingerprint density at radius 2 is 1.84 bits per heavy atom. The smallest absolute Gasteiger partial charge is 0.138 e. The lowest BCUT2D eigenvalue weighted by Gasteiger charge is -2.40. The van der Waals surface area contributed by atoms with Crippen LogP contribution in [0.3, 0.4) is 0 Å². The third-order valence-electron chi connectivity index (χ3n) is 7.92. The molecule has 0 unspecified atom stereocenters. The van der Waals surface area contributed by atoms with Crippen LogP contribution in [0, 0.1) is 5.92 Å². The monoisotopic (exact) mass is 547 g/mol. The van der Waals surface area contributed by atoms with E-state index in [0.717, 1.165) is 24.1 Å². The standard InChI is InChI=1S/C28H34ClNO8/c29-22-6-3-16(28-27(36)26(35)25(34)24(13-31)38-28)8-17(22)7-15-1-4-21(5-2-15)37-14-20(32)12-30-11-18-9-19(30)10-23(18)33/h1-6,8,18-20,24-28,31-32,34-36H,7,9-14H2/t18-,19-,20-,24+,25+,26-,27+,28-/m0/s1. The molecule has 10 heteroatoms. The van der Waals surface area contributed by atoms with Gasteiger partial charge in [-0.15, -0.1) is 0 Å². The molecule has 2 saturated heterocycles. The summed E-state index contributed by atoms with van der Waals surface area (Å²) in [6.45, 7) is 0.896. The summed E-state index contributed by atoms with van der Waals surface area (Å²) in [6.07, 6.45) is -4.81. The second kappa shape index (κ2) is 11.6. The minimum atomic E-state index is -1.45. The van der Waals surface area contributed by atoms with Gasteiger partial charge in [0.15, 0.2) is 0 Å². The Labute approximate surface area is 226 Å². The summed E-state index contributed by atoms with van der Waals surface area (Å²) in [7, 11) is 0. The van der Waals surface area contributed by atoms with Gasteiger partial charge in [0.1, 0.15) is 54.8 Å². The average Bonchev–Trinajstić information content (AvgIpc) is 3.47. The number of aliphatic hydroxyl groups excluding tert-OH is 5. The quantitative estimate of drug-likeness (QED) is 0.309. The molecule has 2 heterocycles.